The van der Waals surface area contributed by atoms with Gasteiger partial charge in [0.05, 0.1) is 4.34 Å². The summed E-state index contributed by atoms with van der Waals surface area (Å²) in [5.74, 6) is -1.02. The number of nitrogens with one attached hydrogen (secondary N) is 2. The SMILES string of the molecule is O=C1CCC(NS(=O)(=O)c2ccc(Cl)s2)C(=O)N1. The van der Waals surface area contributed by atoms with E-state index in [-0.39, 0.29) is 17.1 Å². The number of sulfonamides is 1. The van der Waals surface area contributed by atoms with Gasteiger partial charge in [-0.15, -0.1) is 11.3 Å². The summed E-state index contributed by atoms with van der Waals surface area (Å²) in [5.41, 5.74) is 0. The lowest BCUT2D eigenvalue weighted by Crippen LogP contribution is -2.52. The summed E-state index contributed by atoms with van der Waals surface area (Å²) in [4.78, 5) is 22.4. The summed E-state index contributed by atoms with van der Waals surface area (Å²) < 4.78 is 26.5. The first-order valence-corrected chi connectivity index (χ1v) is 7.67. The minimum absolute atomic E-state index is 0.0391. The van der Waals surface area contributed by atoms with Gasteiger partial charge in [0.2, 0.25) is 11.8 Å². The van der Waals surface area contributed by atoms with Crippen molar-refractivity contribution in [3.8, 4) is 0 Å². The molecular weight excluding hydrogens is 300 g/mol. The number of rotatable bonds is 3. The molecule has 6 nitrogen and oxygen atoms in total. The summed E-state index contributed by atoms with van der Waals surface area (Å²) in [6, 6.07) is 1.90. The van der Waals surface area contributed by atoms with Crippen molar-refractivity contribution >= 4 is 44.8 Å². The molecule has 2 heterocycles. The third kappa shape index (κ3) is 2.89. The topological polar surface area (TPSA) is 92.3 Å². The Morgan fingerprint density at radius 2 is 2.11 bits per heavy atom. The van der Waals surface area contributed by atoms with Crippen molar-refractivity contribution < 1.29 is 18.0 Å². The van der Waals surface area contributed by atoms with Gasteiger partial charge in [0.15, 0.2) is 0 Å². The molecule has 1 saturated heterocycles. The molecule has 1 fully saturated rings. The number of thiophene rings is 1. The second kappa shape index (κ2) is 4.96. The molecule has 0 aliphatic carbocycles. The van der Waals surface area contributed by atoms with Gasteiger partial charge in [0, 0.05) is 6.42 Å². The fraction of sp³-hybridized carbons (Fsp3) is 0.333. The first-order chi connectivity index (χ1) is 8.38. The van der Waals surface area contributed by atoms with Crippen LogP contribution in [0.1, 0.15) is 12.8 Å². The van der Waals surface area contributed by atoms with Crippen LogP contribution < -0.4 is 10.0 Å². The largest absolute Gasteiger partial charge is 0.295 e. The second-order valence-corrected chi connectivity index (χ2v) is 7.34. The van der Waals surface area contributed by atoms with E-state index in [1.54, 1.807) is 0 Å². The highest BCUT2D eigenvalue weighted by Gasteiger charge is 2.31. The van der Waals surface area contributed by atoms with Crippen molar-refractivity contribution in [1.29, 1.82) is 0 Å². The molecule has 1 atom stereocenters. The maximum atomic E-state index is 11.9. The lowest BCUT2D eigenvalue weighted by atomic mass is 10.1. The minimum atomic E-state index is -3.78. The van der Waals surface area contributed by atoms with E-state index in [4.69, 9.17) is 11.6 Å². The number of carbonyl (C=O) groups excluding carboxylic acids is 2. The maximum absolute atomic E-state index is 11.9. The fourth-order valence-electron chi connectivity index (χ4n) is 1.49. The maximum Gasteiger partial charge on any atom is 0.250 e. The zero-order valence-electron chi connectivity index (χ0n) is 8.97. The number of amides is 2. The monoisotopic (exact) mass is 308 g/mol. The molecule has 2 amide bonds. The third-order valence-corrected chi connectivity index (χ3v) is 5.54. The van der Waals surface area contributed by atoms with Crippen LogP contribution in [-0.4, -0.2) is 26.3 Å². The lowest BCUT2D eigenvalue weighted by molar-refractivity contribution is -0.134. The van der Waals surface area contributed by atoms with Gasteiger partial charge in [-0.25, -0.2) is 8.42 Å². The smallest absolute Gasteiger partial charge is 0.250 e. The number of carbonyl (C=O) groups is 2. The van der Waals surface area contributed by atoms with Crippen LogP contribution in [0.3, 0.4) is 0 Å². The van der Waals surface area contributed by atoms with Gasteiger partial charge in [0.25, 0.3) is 10.0 Å². The molecule has 0 radical (unpaired) electrons. The molecule has 9 heteroatoms. The normalized spacial score (nSPS) is 20.8. The molecule has 2 N–H and O–H groups in total. The van der Waals surface area contributed by atoms with Crippen LogP contribution in [0, 0.1) is 0 Å². The molecule has 0 aromatic carbocycles. The van der Waals surface area contributed by atoms with Crippen LogP contribution >= 0.6 is 22.9 Å². The number of imide groups is 1. The average Bonchev–Trinajstić information content (AvgIpc) is 2.70. The summed E-state index contributed by atoms with van der Waals surface area (Å²) >= 11 is 6.56. The standard InChI is InChI=1S/C9H9ClN2O4S2/c10-6-2-4-8(17-6)18(15,16)12-5-1-3-7(13)11-9(5)14/h2,4-5,12H,1,3H2,(H,11,13,14). The van der Waals surface area contributed by atoms with Crippen molar-refractivity contribution in [2.24, 2.45) is 0 Å². The average molecular weight is 309 g/mol. The summed E-state index contributed by atoms with van der Waals surface area (Å²) in [7, 11) is -3.78. The van der Waals surface area contributed by atoms with Gasteiger partial charge in [-0.1, -0.05) is 11.6 Å². The number of hydrogen-bond donors (Lipinski definition) is 2. The van der Waals surface area contributed by atoms with Crippen LogP contribution in [0.15, 0.2) is 16.3 Å². The summed E-state index contributed by atoms with van der Waals surface area (Å²) in [5, 5.41) is 2.08. The molecule has 0 bridgehead atoms. The highest BCUT2D eigenvalue weighted by molar-refractivity contribution is 7.91. The molecule has 1 aromatic rings. The Bertz CT molecular complexity index is 595. The summed E-state index contributed by atoms with van der Waals surface area (Å²) in [6.45, 7) is 0. The third-order valence-electron chi connectivity index (χ3n) is 2.35. The van der Waals surface area contributed by atoms with Crippen molar-refractivity contribution in [3.63, 3.8) is 0 Å². The highest BCUT2D eigenvalue weighted by Crippen LogP contribution is 2.25. The van der Waals surface area contributed by atoms with Gasteiger partial charge in [0.1, 0.15) is 10.3 Å². The Morgan fingerprint density at radius 1 is 1.39 bits per heavy atom. The number of piperidine rings is 1. The van der Waals surface area contributed by atoms with E-state index in [0.717, 1.165) is 11.3 Å². The molecule has 0 spiro atoms. The quantitative estimate of drug-likeness (QED) is 0.795. The molecule has 1 aromatic heterocycles. The lowest BCUT2D eigenvalue weighted by Gasteiger charge is -2.21. The van der Waals surface area contributed by atoms with E-state index in [1.165, 1.54) is 12.1 Å². The predicted molar refractivity (Wildman–Crippen MR) is 65.8 cm³/mol. The van der Waals surface area contributed by atoms with Crippen molar-refractivity contribution in [2.75, 3.05) is 0 Å². The first-order valence-electron chi connectivity index (χ1n) is 5.00. The van der Waals surface area contributed by atoms with E-state index in [1.807, 2.05) is 0 Å². The predicted octanol–water partition coefficient (Wildman–Crippen LogP) is 0.485. The Kier molecular flexibility index (Phi) is 3.71. The van der Waals surface area contributed by atoms with E-state index >= 15 is 0 Å². The van der Waals surface area contributed by atoms with Crippen LogP contribution in [0.5, 0.6) is 0 Å². The highest BCUT2D eigenvalue weighted by atomic mass is 35.5. The Labute approximate surface area is 112 Å². The first kappa shape index (κ1) is 13.5. The van der Waals surface area contributed by atoms with Crippen LogP contribution in [0.2, 0.25) is 4.34 Å². The van der Waals surface area contributed by atoms with E-state index in [9.17, 15) is 18.0 Å². The van der Waals surface area contributed by atoms with E-state index in [0.29, 0.717) is 4.34 Å². The van der Waals surface area contributed by atoms with Crippen molar-refractivity contribution in [1.82, 2.24) is 10.0 Å². The van der Waals surface area contributed by atoms with Crippen LogP contribution in [0.25, 0.3) is 0 Å². The molecule has 1 aliphatic heterocycles. The number of hydrogen-bond acceptors (Lipinski definition) is 5. The molecule has 0 saturated carbocycles. The molecule has 1 unspecified atom stereocenters. The van der Waals surface area contributed by atoms with Crippen LogP contribution in [-0.2, 0) is 19.6 Å². The molecule has 1 aliphatic rings. The fourth-order valence-corrected chi connectivity index (χ4v) is 4.22. The Morgan fingerprint density at radius 3 is 2.67 bits per heavy atom. The van der Waals surface area contributed by atoms with Crippen molar-refractivity contribution in [3.05, 3.63) is 16.5 Å². The molecule has 2 rings (SSSR count). The zero-order valence-corrected chi connectivity index (χ0v) is 11.4. The van der Waals surface area contributed by atoms with E-state index < -0.39 is 27.9 Å². The number of halogens is 1. The van der Waals surface area contributed by atoms with Gasteiger partial charge in [-0.2, -0.15) is 4.72 Å². The molecular formula is C9H9ClN2O4S2. The Balaban J connectivity index is 2.14. The second-order valence-electron chi connectivity index (χ2n) is 3.68. The van der Waals surface area contributed by atoms with Gasteiger partial charge >= 0.3 is 0 Å². The minimum Gasteiger partial charge on any atom is -0.295 e. The van der Waals surface area contributed by atoms with Gasteiger partial charge < -0.3 is 0 Å². The van der Waals surface area contributed by atoms with Crippen molar-refractivity contribution in [2.45, 2.75) is 23.1 Å². The van der Waals surface area contributed by atoms with Gasteiger partial charge in [-0.05, 0) is 18.6 Å². The molecule has 98 valence electrons. The van der Waals surface area contributed by atoms with Crippen LogP contribution in [0.4, 0.5) is 0 Å². The zero-order chi connectivity index (χ0) is 13.3. The van der Waals surface area contributed by atoms with Gasteiger partial charge in [-0.3, -0.25) is 14.9 Å². The summed E-state index contributed by atoms with van der Waals surface area (Å²) in [6.07, 6.45) is 0.271. The molecule has 18 heavy (non-hydrogen) atoms. The Hall–Kier alpha value is -0.960. The van der Waals surface area contributed by atoms with E-state index in [2.05, 4.69) is 10.0 Å².